The molecular weight excluding hydrogens is 314 g/mol. The van der Waals surface area contributed by atoms with Crippen LogP contribution in [0.15, 0.2) is 48.5 Å². The number of nitrogens with one attached hydrogen (secondary N) is 1. The second-order valence-corrected chi connectivity index (χ2v) is 6.00. The van der Waals surface area contributed by atoms with Crippen molar-refractivity contribution in [1.29, 1.82) is 0 Å². The summed E-state index contributed by atoms with van der Waals surface area (Å²) in [4.78, 5) is 26.6. The summed E-state index contributed by atoms with van der Waals surface area (Å²) in [5.74, 6) is -0.249. The fourth-order valence-electron chi connectivity index (χ4n) is 2.15. The van der Waals surface area contributed by atoms with Crippen LogP contribution in [0.4, 0.5) is 5.69 Å². The predicted octanol–water partition coefficient (Wildman–Crippen LogP) is 3.18. The first-order valence-corrected chi connectivity index (χ1v) is 7.82. The number of hydrogen-bond donors (Lipinski definition) is 1. The van der Waals surface area contributed by atoms with Crippen LogP contribution in [0.25, 0.3) is 10.2 Å². The number of amides is 1. The van der Waals surface area contributed by atoms with Crippen LogP contribution in [0.5, 0.6) is 0 Å². The van der Waals surface area contributed by atoms with Gasteiger partial charge in [0.05, 0.1) is 20.1 Å². The summed E-state index contributed by atoms with van der Waals surface area (Å²) in [6.07, 6.45) is 0.651. The van der Waals surface area contributed by atoms with Gasteiger partial charge in [0.25, 0.3) is 11.6 Å². The monoisotopic (exact) mass is 327 g/mol. The van der Waals surface area contributed by atoms with Gasteiger partial charge in [-0.25, -0.2) is 4.98 Å². The number of fused-ring (bicyclic) bond motifs is 1. The third-order valence-corrected chi connectivity index (χ3v) is 4.40. The lowest BCUT2D eigenvalue weighted by Gasteiger charge is -2.03. The minimum absolute atomic E-state index is 0.0315. The molecule has 116 valence electrons. The van der Waals surface area contributed by atoms with E-state index in [1.807, 2.05) is 24.3 Å². The van der Waals surface area contributed by atoms with Gasteiger partial charge in [-0.2, -0.15) is 0 Å². The lowest BCUT2D eigenvalue weighted by molar-refractivity contribution is -0.384. The molecule has 0 aliphatic carbocycles. The number of nitro groups is 1. The third-order valence-electron chi connectivity index (χ3n) is 3.30. The van der Waals surface area contributed by atoms with Crippen LogP contribution in [0.1, 0.15) is 15.4 Å². The molecule has 0 aliphatic heterocycles. The van der Waals surface area contributed by atoms with Crippen molar-refractivity contribution in [3.05, 3.63) is 69.2 Å². The summed E-state index contributed by atoms with van der Waals surface area (Å²) in [6.45, 7) is 0.468. The molecule has 23 heavy (non-hydrogen) atoms. The summed E-state index contributed by atoms with van der Waals surface area (Å²) in [5, 5.41) is 14.4. The summed E-state index contributed by atoms with van der Waals surface area (Å²) in [5.41, 5.74) is 1.34. The smallest absolute Gasteiger partial charge is 0.269 e. The molecule has 0 unspecified atom stereocenters. The quantitative estimate of drug-likeness (QED) is 0.576. The molecule has 0 spiro atoms. The minimum Gasteiger partial charge on any atom is -0.352 e. The van der Waals surface area contributed by atoms with Gasteiger partial charge in [0.15, 0.2) is 0 Å². The van der Waals surface area contributed by atoms with Crippen LogP contribution in [0, 0.1) is 10.1 Å². The van der Waals surface area contributed by atoms with Gasteiger partial charge in [-0.3, -0.25) is 14.9 Å². The van der Waals surface area contributed by atoms with E-state index in [9.17, 15) is 14.9 Å². The number of carbonyl (C=O) groups excluding carboxylic acids is 1. The Bertz CT molecular complexity index is 825. The molecule has 0 bridgehead atoms. The number of carbonyl (C=O) groups is 1. The number of benzene rings is 2. The van der Waals surface area contributed by atoms with Crippen LogP contribution in [-0.4, -0.2) is 22.4 Å². The zero-order valence-corrected chi connectivity index (χ0v) is 12.9. The molecule has 1 N–H and O–H groups in total. The maximum atomic E-state index is 12.0. The second-order valence-electron chi connectivity index (χ2n) is 4.89. The lowest BCUT2D eigenvalue weighted by Crippen LogP contribution is -2.25. The summed E-state index contributed by atoms with van der Waals surface area (Å²) in [6, 6.07) is 13.4. The van der Waals surface area contributed by atoms with E-state index in [0.717, 1.165) is 15.2 Å². The number of nitrogens with zero attached hydrogens (tertiary/aromatic N) is 2. The first kappa shape index (κ1) is 15.1. The molecule has 2 aromatic carbocycles. The number of nitro benzene ring substituents is 1. The van der Waals surface area contributed by atoms with Gasteiger partial charge in [0.2, 0.25) is 0 Å². The Morgan fingerprint density at radius 2 is 1.91 bits per heavy atom. The van der Waals surface area contributed by atoms with Crippen molar-refractivity contribution >= 4 is 33.1 Å². The van der Waals surface area contributed by atoms with Crippen LogP contribution in [-0.2, 0) is 6.42 Å². The van der Waals surface area contributed by atoms with E-state index in [4.69, 9.17) is 0 Å². The van der Waals surface area contributed by atoms with Crippen molar-refractivity contribution in [3.63, 3.8) is 0 Å². The molecule has 0 radical (unpaired) electrons. The molecule has 0 atom stereocenters. The van der Waals surface area contributed by atoms with E-state index in [-0.39, 0.29) is 11.6 Å². The summed E-state index contributed by atoms with van der Waals surface area (Å²) < 4.78 is 1.13. The maximum Gasteiger partial charge on any atom is 0.269 e. The Kier molecular flexibility index (Phi) is 4.29. The zero-order chi connectivity index (χ0) is 16.2. The van der Waals surface area contributed by atoms with Gasteiger partial charge >= 0.3 is 0 Å². The highest BCUT2D eigenvalue weighted by Gasteiger charge is 2.09. The lowest BCUT2D eigenvalue weighted by atomic mass is 10.2. The second kappa shape index (κ2) is 6.53. The van der Waals surface area contributed by atoms with E-state index in [2.05, 4.69) is 10.3 Å². The van der Waals surface area contributed by atoms with Gasteiger partial charge in [0, 0.05) is 30.7 Å². The SMILES string of the molecule is O=C(NCCc1nc2ccccc2s1)c1ccc([N+](=O)[O-])cc1. The van der Waals surface area contributed by atoms with E-state index >= 15 is 0 Å². The summed E-state index contributed by atoms with van der Waals surface area (Å²) in [7, 11) is 0. The van der Waals surface area contributed by atoms with E-state index in [1.165, 1.54) is 24.3 Å². The number of aromatic nitrogens is 1. The minimum atomic E-state index is -0.491. The molecule has 7 heteroatoms. The Morgan fingerprint density at radius 1 is 1.17 bits per heavy atom. The molecule has 3 rings (SSSR count). The number of non-ortho nitro benzene ring substituents is 1. The van der Waals surface area contributed by atoms with Crippen molar-refractivity contribution in [2.45, 2.75) is 6.42 Å². The first-order valence-electron chi connectivity index (χ1n) is 7.00. The number of thiazole rings is 1. The molecule has 0 aliphatic rings. The van der Waals surface area contributed by atoms with Gasteiger partial charge in [-0.1, -0.05) is 12.1 Å². The van der Waals surface area contributed by atoms with E-state index in [0.29, 0.717) is 18.5 Å². The van der Waals surface area contributed by atoms with E-state index in [1.54, 1.807) is 11.3 Å². The van der Waals surface area contributed by atoms with Crippen molar-refractivity contribution in [2.24, 2.45) is 0 Å². The van der Waals surface area contributed by atoms with Crippen LogP contribution in [0.3, 0.4) is 0 Å². The van der Waals surface area contributed by atoms with Gasteiger partial charge in [-0.15, -0.1) is 11.3 Å². The zero-order valence-electron chi connectivity index (χ0n) is 12.1. The number of hydrogen-bond acceptors (Lipinski definition) is 5. The van der Waals surface area contributed by atoms with Gasteiger partial charge in [0.1, 0.15) is 0 Å². The Hall–Kier alpha value is -2.80. The highest BCUT2D eigenvalue weighted by Crippen LogP contribution is 2.21. The van der Waals surface area contributed by atoms with E-state index < -0.39 is 4.92 Å². The maximum absolute atomic E-state index is 12.0. The van der Waals surface area contributed by atoms with Crippen LogP contribution < -0.4 is 5.32 Å². The molecule has 1 heterocycles. The van der Waals surface area contributed by atoms with Crippen molar-refractivity contribution in [3.8, 4) is 0 Å². The third kappa shape index (κ3) is 3.51. The fraction of sp³-hybridized carbons (Fsp3) is 0.125. The fourth-order valence-corrected chi connectivity index (χ4v) is 3.11. The summed E-state index contributed by atoms with van der Waals surface area (Å²) >= 11 is 1.61. The van der Waals surface area contributed by atoms with Crippen molar-refractivity contribution in [2.75, 3.05) is 6.54 Å². The number of rotatable bonds is 5. The highest BCUT2D eigenvalue weighted by molar-refractivity contribution is 7.18. The highest BCUT2D eigenvalue weighted by atomic mass is 32.1. The largest absolute Gasteiger partial charge is 0.352 e. The van der Waals surface area contributed by atoms with Crippen molar-refractivity contribution < 1.29 is 9.72 Å². The molecular formula is C16H13N3O3S. The van der Waals surface area contributed by atoms with Gasteiger partial charge < -0.3 is 5.32 Å². The molecule has 3 aromatic rings. The normalized spacial score (nSPS) is 10.6. The Balaban J connectivity index is 1.57. The molecule has 1 amide bonds. The molecule has 0 saturated carbocycles. The Labute approximate surface area is 135 Å². The topological polar surface area (TPSA) is 85.1 Å². The van der Waals surface area contributed by atoms with Gasteiger partial charge in [-0.05, 0) is 24.3 Å². The predicted molar refractivity (Wildman–Crippen MR) is 88.8 cm³/mol. The molecule has 1 aromatic heterocycles. The average molecular weight is 327 g/mol. The number of para-hydroxylation sites is 1. The van der Waals surface area contributed by atoms with Crippen LogP contribution >= 0.6 is 11.3 Å². The molecule has 0 saturated heterocycles. The average Bonchev–Trinajstić information content (AvgIpc) is 2.97. The molecule has 6 nitrogen and oxygen atoms in total. The van der Waals surface area contributed by atoms with Crippen molar-refractivity contribution in [1.82, 2.24) is 10.3 Å². The van der Waals surface area contributed by atoms with Crippen LogP contribution in [0.2, 0.25) is 0 Å². The first-order chi connectivity index (χ1) is 11.1. The standard InChI is InChI=1S/C16H13N3O3S/c20-16(11-5-7-12(8-6-11)19(21)22)17-10-9-15-18-13-3-1-2-4-14(13)23-15/h1-8H,9-10H2,(H,17,20). The molecule has 0 fully saturated rings. The Morgan fingerprint density at radius 3 is 2.61 bits per heavy atom.